The normalized spacial score (nSPS) is 11.2. The Bertz CT molecular complexity index is 1260. The first-order valence-corrected chi connectivity index (χ1v) is 12.3. The van der Waals surface area contributed by atoms with Gasteiger partial charge in [0.05, 0.1) is 27.7 Å². The van der Waals surface area contributed by atoms with Crippen LogP contribution in [0, 0.1) is 13.8 Å². The summed E-state index contributed by atoms with van der Waals surface area (Å²) in [5, 5.41) is 3.41. The molecule has 0 unspecified atom stereocenters. The largest absolute Gasteiger partial charge is 0.497 e. The van der Waals surface area contributed by atoms with Gasteiger partial charge in [0.1, 0.15) is 5.75 Å². The first kappa shape index (κ1) is 24.9. The number of carbonyl (C=O) groups excluding carboxylic acids is 1. The number of rotatable bonds is 8. The van der Waals surface area contributed by atoms with Gasteiger partial charge in [0.2, 0.25) is 5.91 Å². The fraction of sp³-hybridized carbons (Fsp3) is 0.208. The monoisotopic (exact) mass is 506 g/mol. The van der Waals surface area contributed by atoms with Crippen molar-refractivity contribution in [1.82, 2.24) is 0 Å². The molecule has 0 aromatic heterocycles. The number of benzene rings is 3. The Morgan fingerprint density at radius 1 is 0.939 bits per heavy atom. The van der Waals surface area contributed by atoms with Gasteiger partial charge in [0, 0.05) is 18.7 Å². The number of carbonyl (C=O) groups is 1. The highest BCUT2D eigenvalue weighted by Crippen LogP contribution is 2.28. The van der Waals surface area contributed by atoms with E-state index in [4.69, 9.17) is 27.9 Å². The summed E-state index contributed by atoms with van der Waals surface area (Å²) in [4.78, 5) is 12.7. The van der Waals surface area contributed by atoms with E-state index in [2.05, 4.69) is 5.32 Å². The van der Waals surface area contributed by atoms with Gasteiger partial charge in [0.15, 0.2) is 0 Å². The maximum atomic E-state index is 13.5. The summed E-state index contributed by atoms with van der Waals surface area (Å²) in [5.74, 6) is 0.238. The minimum Gasteiger partial charge on any atom is -0.497 e. The van der Waals surface area contributed by atoms with E-state index in [9.17, 15) is 13.2 Å². The Balaban J connectivity index is 1.87. The van der Waals surface area contributed by atoms with Gasteiger partial charge in [-0.2, -0.15) is 0 Å². The molecule has 0 radical (unpaired) electrons. The third kappa shape index (κ3) is 5.99. The molecule has 1 amide bonds. The van der Waals surface area contributed by atoms with E-state index in [-0.39, 0.29) is 23.8 Å². The highest BCUT2D eigenvalue weighted by molar-refractivity contribution is 7.92. The number of sulfonamides is 1. The molecule has 33 heavy (non-hydrogen) atoms. The smallest absolute Gasteiger partial charge is 0.264 e. The van der Waals surface area contributed by atoms with Gasteiger partial charge in [-0.15, -0.1) is 0 Å². The van der Waals surface area contributed by atoms with Crippen LogP contribution in [0.25, 0.3) is 0 Å². The summed E-state index contributed by atoms with van der Waals surface area (Å²) in [6, 6.07) is 16.4. The Labute approximate surface area is 204 Å². The molecule has 0 aliphatic rings. The molecule has 3 aromatic carbocycles. The van der Waals surface area contributed by atoms with E-state index in [1.807, 2.05) is 13.8 Å². The van der Waals surface area contributed by atoms with Gasteiger partial charge in [0.25, 0.3) is 10.0 Å². The first-order valence-electron chi connectivity index (χ1n) is 10.1. The summed E-state index contributed by atoms with van der Waals surface area (Å²) in [5.41, 5.74) is 2.76. The van der Waals surface area contributed by atoms with Crippen LogP contribution in [-0.2, 0) is 14.8 Å². The van der Waals surface area contributed by atoms with Crippen LogP contribution in [0.1, 0.15) is 17.5 Å². The van der Waals surface area contributed by atoms with Crippen molar-refractivity contribution in [2.75, 3.05) is 23.3 Å². The summed E-state index contributed by atoms with van der Waals surface area (Å²) in [7, 11) is -2.39. The van der Waals surface area contributed by atoms with E-state index in [1.54, 1.807) is 54.6 Å². The Morgan fingerprint density at radius 2 is 1.64 bits per heavy atom. The van der Waals surface area contributed by atoms with Gasteiger partial charge in [-0.1, -0.05) is 29.3 Å². The lowest BCUT2D eigenvalue weighted by Crippen LogP contribution is -2.34. The fourth-order valence-corrected chi connectivity index (χ4v) is 4.99. The van der Waals surface area contributed by atoms with Crippen molar-refractivity contribution in [3.63, 3.8) is 0 Å². The van der Waals surface area contributed by atoms with E-state index in [0.717, 1.165) is 11.1 Å². The quantitative estimate of drug-likeness (QED) is 0.416. The SMILES string of the molecule is COc1ccc(N(CCC(=O)Nc2ccc(Cl)c(Cl)c2)S(=O)(=O)c2ccc(C)c(C)c2)cc1. The van der Waals surface area contributed by atoms with Crippen LogP contribution in [-0.4, -0.2) is 28.0 Å². The van der Waals surface area contributed by atoms with Crippen molar-refractivity contribution in [3.8, 4) is 5.75 Å². The molecule has 0 heterocycles. The zero-order chi connectivity index (χ0) is 24.2. The zero-order valence-electron chi connectivity index (χ0n) is 18.4. The van der Waals surface area contributed by atoms with E-state index in [1.165, 1.54) is 17.5 Å². The van der Waals surface area contributed by atoms with Gasteiger partial charge in [-0.25, -0.2) is 8.42 Å². The number of hydrogen-bond donors (Lipinski definition) is 1. The lowest BCUT2D eigenvalue weighted by molar-refractivity contribution is -0.116. The van der Waals surface area contributed by atoms with E-state index < -0.39 is 10.0 Å². The number of nitrogens with zero attached hydrogens (tertiary/aromatic N) is 1. The Kier molecular flexibility index (Phi) is 7.89. The van der Waals surface area contributed by atoms with Crippen molar-refractivity contribution in [2.45, 2.75) is 25.2 Å². The average molecular weight is 507 g/mol. The highest BCUT2D eigenvalue weighted by Gasteiger charge is 2.26. The molecule has 0 saturated carbocycles. The zero-order valence-corrected chi connectivity index (χ0v) is 20.8. The van der Waals surface area contributed by atoms with Crippen LogP contribution in [0.3, 0.4) is 0 Å². The second-order valence-corrected chi connectivity index (χ2v) is 10.1. The topological polar surface area (TPSA) is 75.7 Å². The Morgan fingerprint density at radius 3 is 2.24 bits per heavy atom. The number of ether oxygens (including phenoxy) is 1. The standard InChI is InChI=1S/C24H24Cl2N2O4S/c1-16-4-10-21(14-17(16)2)33(30,31)28(19-6-8-20(32-3)9-7-19)13-12-24(29)27-18-5-11-22(25)23(26)15-18/h4-11,14-15H,12-13H2,1-3H3,(H,27,29). The molecular formula is C24H24Cl2N2O4S. The van der Waals surface area contributed by atoms with Crippen molar-refractivity contribution < 1.29 is 17.9 Å². The number of aryl methyl sites for hydroxylation is 2. The molecule has 9 heteroatoms. The number of anilines is 2. The number of amides is 1. The number of methoxy groups -OCH3 is 1. The van der Waals surface area contributed by atoms with Crippen LogP contribution < -0.4 is 14.4 Å². The lowest BCUT2D eigenvalue weighted by Gasteiger charge is -2.25. The molecule has 3 aromatic rings. The molecular weight excluding hydrogens is 483 g/mol. The third-order valence-corrected chi connectivity index (χ3v) is 7.73. The van der Waals surface area contributed by atoms with Gasteiger partial charge in [-0.3, -0.25) is 9.10 Å². The van der Waals surface area contributed by atoms with Gasteiger partial charge in [-0.05, 0) is 79.6 Å². The summed E-state index contributed by atoms with van der Waals surface area (Å²) in [6.45, 7) is 3.71. The summed E-state index contributed by atoms with van der Waals surface area (Å²) >= 11 is 11.9. The molecule has 1 N–H and O–H groups in total. The second-order valence-electron chi connectivity index (χ2n) is 7.45. The molecule has 0 bridgehead atoms. The summed E-state index contributed by atoms with van der Waals surface area (Å²) < 4.78 is 33.5. The van der Waals surface area contributed by atoms with Crippen molar-refractivity contribution in [3.05, 3.63) is 81.8 Å². The Hall–Kier alpha value is -2.74. The predicted molar refractivity (Wildman–Crippen MR) is 133 cm³/mol. The van der Waals surface area contributed by atoms with Crippen LogP contribution >= 0.6 is 23.2 Å². The molecule has 0 aliphatic carbocycles. The summed E-state index contributed by atoms with van der Waals surface area (Å²) in [6.07, 6.45) is -0.0731. The number of hydrogen-bond acceptors (Lipinski definition) is 4. The van der Waals surface area contributed by atoms with Crippen LogP contribution in [0.4, 0.5) is 11.4 Å². The highest BCUT2D eigenvalue weighted by atomic mass is 35.5. The molecule has 0 spiro atoms. The van der Waals surface area contributed by atoms with Crippen molar-refractivity contribution in [2.24, 2.45) is 0 Å². The van der Waals surface area contributed by atoms with Crippen molar-refractivity contribution in [1.29, 1.82) is 0 Å². The van der Waals surface area contributed by atoms with E-state index >= 15 is 0 Å². The fourth-order valence-electron chi connectivity index (χ4n) is 3.14. The second kappa shape index (κ2) is 10.5. The maximum absolute atomic E-state index is 13.5. The van der Waals surface area contributed by atoms with Crippen LogP contribution in [0.15, 0.2) is 65.6 Å². The molecule has 0 aliphatic heterocycles. The number of nitrogens with one attached hydrogen (secondary N) is 1. The maximum Gasteiger partial charge on any atom is 0.264 e. The molecule has 0 fully saturated rings. The van der Waals surface area contributed by atoms with Crippen LogP contribution in [0.5, 0.6) is 5.75 Å². The molecule has 0 saturated heterocycles. The first-order chi connectivity index (χ1) is 15.6. The number of halogens is 2. The predicted octanol–water partition coefficient (Wildman–Crippen LogP) is 5.84. The minimum atomic E-state index is -3.92. The average Bonchev–Trinajstić information content (AvgIpc) is 2.78. The molecule has 6 nitrogen and oxygen atoms in total. The lowest BCUT2D eigenvalue weighted by atomic mass is 10.1. The molecule has 3 rings (SSSR count). The molecule has 174 valence electrons. The molecule has 0 atom stereocenters. The third-order valence-electron chi connectivity index (χ3n) is 5.17. The van der Waals surface area contributed by atoms with Gasteiger partial charge >= 0.3 is 0 Å². The van der Waals surface area contributed by atoms with E-state index in [0.29, 0.717) is 27.2 Å². The van der Waals surface area contributed by atoms with Gasteiger partial charge < -0.3 is 10.1 Å². The minimum absolute atomic E-state index is 0.0608. The van der Waals surface area contributed by atoms with Crippen LogP contribution in [0.2, 0.25) is 10.0 Å². The van der Waals surface area contributed by atoms with Crippen molar-refractivity contribution >= 4 is 50.5 Å².